The number of pyridine rings is 1. The summed E-state index contributed by atoms with van der Waals surface area (Å²) < 4.78 is 11.0. The number of hydrogen-bond donors (Lipinski definition) is 1. The topological polar surface area (TPSA) is 84.2 Å². The van der Waals surface area contributed by atoms with Crippen LogP contribution in [0.2, 0.25) is 0 Å². The maximum atomic E-state index is 11.9. The van der Waals surface area contributed by atoms with Crippen LogP contribution in [0.15, 0.2) is 42.6 Å². The summed E-state index contributed by atoms with van der Waals surface area (Å²) in [6.07, 6.45) is 4.14. The lowest BCUT2D eigenvalue weighted by molar-refractivity contribution is -0.123. The van der Waals surface area contributed by atoms with Crippen LogP contribution in [0.25, 0.3) is 0 Å². The van der Waals surface area contributed by atoms with Crippen molar-refractivity contribution in [2.24, 2.45) is 5.92 Å². The predicted molar refractivity (Wildman–Crippen MR) is 91.0 cm³/mol. The van der Waals surface area contributed by atoms with Gasteiger partial charge in [-0.05, 0) is 54.7 Å². The lowest BCUT2D eigenvalue weighted by Gasteiger charge is -2.09. The molecule has 25 heavy (non-hydrogen) atoms. The number of amides is 1. The lowest BCUT2D eigenvalue weighted by atomic mass is 10.2. The molecule has 1 aromatic heterocycles. The Kier molecular flexibility index (Phi) is 5.47. The van der Waals surface area contributed by atoms with Crippen molar-refractivity contribution in [2.45, 2.75) is 19.4 Å². The number of benzene rings is 1. The monoisotopic (exact) mass is 337 g/mol. The zero-order valence-electron chi connectivity index (χ0n) is 13.8. The van der Waals surface area contributed by atoms with Crippen LogP contribution in [0.5, 0.6) is 11.6 Å². The number of nitrogens with one attached hydrogen (secondary N) is 1. The van der Waals surface area contributed by atoms with E-state index in [1.165, 1.54) is 12.8 Å². The molecule has 6 heteroatoms. The summed E-state index contributed by atoms with van der Waals surface area (Å²) in [7, 11) is 0. The van der Waals surface area contributed by atoms with Gasteiger partial charge in [-0.3, -0.25) is 4.79 Å². The molecule has 0 bridgehead atoms. The van der Waals surface area contributed by atoms with Gasteiger partial charge in [0.1, 0.15) is 5.75 Å². The van der Waals surface area contributed by atoms with Crippen molar-refractivity contribution in [3.05, 3.63) is 53.7 Å². The van der Waals surface area contributed by atoms with E-state index in [1.54, 1.807) is 30.5 Å². The van der Waals surface area contributed by atoms with Gasteiger partial charge in [-0.15, -0.1) is 0 Å². The largest absolute Gasteiger partial charge is 0.484 e. The molecular weight excluding hydrogens is 318 g/mol. The first-order valence-corrected chi connectivity index (χ1v) is 8.20. The van der Waals surface area contributed by atoms with Gasteiger partial charge in [0, 0.05) is 18.8 Å². The van der Waals surface area contributed by atoms with Crippen LogP contribution in [-0.4, -0.2) is 24.1 Å². The average Bonchev–Trinajstić information content (AvgIpc) is 3.48. The summed E-state index contributed by atoms with van der Waals surface area (Å²) in [6.45, 7) is 1.02. The Morgan fingerprint density at radius 1 is 1.24 bits per heavy atom. The first-order chi connectivity index (χ1) is 12.2. The summed E-state index contributed by atoms with van der Waals surface area (Å²) in [5.74, 6) is 1.59. The molecule has 2 aromatic rings. The number of aromatic nitrogens is 1. The standard InChI is InChI=1S/C19H19N3O3/c20-10-14-3-5-17(6-4-14)24-13-18(23)22-11-16-7-8-21-19(9-16)25-12-15-1-2-15/h3-9,15H,1-2,11-13H2,(H,22,23). The maximum Gasteiger partial charge on any atom is 0.258 e. The quantitative estimate of drug-likeness (QED) is 0.800. The van der Waals surface area contributed by atoms with Crippen molar-refractivity contribution in [3.63, 3.8) is 0 Å². The Bertz CT molecular complexity index is 764. The van der Waals surface area contributed by atoms with Crippen LogP contribution >= 0.6 is 0 Å². The minimum Gasteiger partial charge on any atom is -0.484 e. The second-order valence-electron chi connectivity index (χ2n) is 5.96. The van der Waals surface area contributed by atoms with Crippen LogP contribution in [0, 0.1) is 17.2 Å². The molecule has 0 aliphatic heterocycles. The minimum absolute atomic E-state index is 0.0813. The summed E-state index contributed by atoms with van der Waals surface area (Å²) >= 11 is 0. The van der Waals surface area contributed by atoms with Gasteiger partial charge >= 0.3 is 0 Å². The number of carbonyl (C=O) groups is 1. The number of nitriles is 1. The highest BCUT2D eigenvalue weighted by Crippen LogP contribution is 2.29. The van der Waals surface area contributed by atoms with Crippen LogP contribution in [0.4, 0.5) is 0 Å². The van der Waals surface area contributed by atoms with Crippen molar-refractivity contribution >= 4 is 5.91 Å². The third kappa shape index (κ3) is 5.50. The second kappa shape index (κ2) is 8.15. The molecule has 3 rings (SSSR count). The highest BCUT2D eigenvalue weighted by atomic mass is 16.5. The molecule has 1 aromatic carbocycles. The van der Waals surface area contributed by atoms with Gasteiger partial charge in [0.25, 0.3) is 5.91 Å². The molecular formula is C19H19N3O3. The molecule has 1 fully saturated rings. The van der Waals surface area contributed by atoms with Crippen molar-refractivity contribution in [1.82, 2.24) is 10.3 Å². The fourth-order valence-electron chi connectivity index (χ4n) is 2.15. The molecule has 0 saturated heterocycles. The van der Waals surface area contributed by atoms with E-state index in [0.29, 0.717) is 36.3 Å². The predicted octanol–water partition coefficient (Wildman–Crippen LogP) is 2.44. The average molecular weight is 337 g/mol. The van der Waals surface area contributed by atoms with Crippen LogP contribution in [0.3, 0.4) is 0 Å². The van der Waals surface area contributed by atoms with E-state index in [4.69, 9.17) is 14.7 Å². The van der Waals surface area contributed by atoms with Gasteiger partial charge < -0.3 is 14.8 Å². The van der Waals surface area contributed by atoms with Crippen molar-refractivity contribution in [3.8, 4) is 17.7 Å². The third-order valence-electron chi connectivity index (χ3n) is 3.81. The van der Waals surface area contributed by atoms with Gasteiger partial charge in [0.15, 0.2) is 6.61 Å². The van der Waals surface area contributed by atoms with Crippen molar-refractivity contribution in [2.75, 3.05) is 13.2 Å². The van der Waals surface area contributed by atoms with Crippen LogP contribution in [0.1, 0.15) is 24.0 Å². The molecule has 128 valence electrons. The van der Waals surface area contributed by atoms with Gasteiger partial charge in [0.2, 0.25) is 5.88 Å². The SMILES string of the molecule is N#Cc1ccc(OCC(=O)NCc2ccnc(OCC3CC3)c2)cc1. The summed E-state index contributed by atoms with van der Waals surface area (Å²) in [6, 6.07) is 12.3. The zero-order valence-corrected chi connectivity index (χ0v) is 13.8. The van der Waals surface area contributed by atoms with Crippen molar-refractivity contribution < 1.29 is 14.3 Å². The molecule has 1 aliphatic carbocycles. The third-order valence-corrected chi connectivity index (χ3v) is 3.81. The Balaban J connectivity index is 1.41. The van der Waals surface area contributed by atoms with Crippen LogP contribution < -0.4 is 14.8 Å². The van der Waals surface area contributed by atoms with E-state index in [0.717, 1.165) is 5.56 Å². The van der Waals surface area contributed by atoms with E-state index >= 15 is 0 Å². The fourth-order valence-corrected chi connectivity index (χ4v) is 2.15. The molecule has 0 atom stereocenters. The van der Waals surface area contributed by atoms with Gasteiger partial charge in [-0.1, -0.05) is 0 Å². The first kappa shape index (κ1) is 16.8. The summed E-state index contributed by atoms with van der Waals surface area (Å²) in [4.78, 5) is 16.1. The molecule has 1 aliphatic rings. The number of carbonyl (C=O) groups excluding carboxylic acids is 1. The van der Waals surface area contributed by atoms with E-state index in [2.05, 4.69) is 10.3 Å². The molecule has 1 amide bonds. The number of ether oxygens (including phenoxy) is 2. The number of rotatable bonds is 8. The molecule has 1 saturated carbocycles. The fraction of sp³-hybridized carbons (Fsp3) is 0.316. The Morgan fingerprint density at radius 2 is 2.04 bits per heavy atom. The van der Waals surface area contributed by atoms with E-state index in [-0.39, 0.29) is 12.5 Å². The maximum absolute atomic E-state index is 11.9. The highest BCUT2D eigenvalue weighted by molar-refractivity contribution is 5.77. The molecule has 0 spiro atoms. The number of nitrogens with zero attached hydrogens (tertiary/aromatic N) is 2. The second-order valence-corrected chi connectivity index (χ2v) is 5.96. The Hall–Kier alpha value is -3.07. The normalized spacial score (nSPS) is 12.9. The van der Waals surface area contributed by atoms with Crippen molar-refractivity contribution in [1.29, 1.82) is 5.26 Å². The molecule has 0 radical (unpaired) electrons. The van der Waals surface area contributed by atoms with E-state index < -0.39 is 0 Å². The van der Waals surface area contributed by atoms with E-state index in [9.17, 15) is 4.79 Å². The van der Waals surface area contributed by atoms with E-state index in [1.807, 2.05) is 18.2 Å². The lowest BCUT2D eigenvalue weighted by Crippen LogP contribution is -2.28. The highest BCUT2D eigenvalue weighted by Gasteiger charge is 2.22. The summed E-state index contributed by atoms with van der Waals surface area (Å²) in [5, 5.41) is 11.5. The van der Waals surface area contributed by atoms with Gasteiger partial charge in [-0.2, -0.15) is 5.26 Å². The van der Waals surface area contributed by atoms with Gasteiger partial charge in [0.05, 0.1) is 18.2 Å². The van der Waals surface area contributed by atoms with Gasteiger partial charge in [-0.25, -0.2) is 4.98 Å². The smallest absolute Gasteiger partial charge is 0.258 e. The Labute approximate surface area is 146 Å². The zero-order chi connectivity index (χ0) is 17.5. The molecule has 1 heterocycles. The first-order valence-electron chi connectivity index (χ1n) is 8.20. The molecule has 0 unspecified atom stereocenters. The summed E-state index contributed by atoms with van der Waals surface area (Å²) in [5.41, 5.74) is 1.47. The Morgan fingerprint density at radius 3 is 2.76 bits per heavy atom. The minimum atomic E-state index is -0.221. The van der Waals surface area contributed by atoms with Crippen LogP contribution in [-0.2, 0) is 11.3 Å². The molecule has 6 nitrogen and oxygen atoms in total. The molecule has 1 N–H and O–H groups in total. The number of hydrogen-bond acceptors (Lipinski definition) is 5.